The predicted molar refractivity (Wildman–Crippen MR) is 182 cm³/mol. The number of rotatable bonds is 3. The fraction of sp³-hybridized carbons (Fsp3) is 0.162. The molecule has 0 bridgehead atoms. The molecular formula is C37H31IN2. The molecule has 0 amide bonds. The number of hydrogen-bond acceptors (Lipinski definition) is 0. The van der Waals surface area contributed by atoms with E-state index in [1.165, 1.54) is 86.1 Å². The van der Waals surface area contributed by atoms with E-state index in [-0.39, 0.29) is 20.7 Å². The van der Waals surface area contributed by atoms with Crippen LogP contribution in [0, 0.1) is 0 Å². The number of alkyl halides is 1. The zero-order chi connectivity index (χ0) is 26.6. The summed E-state index contributed by atoms with van der Waals surface area (Å²) in [7, 11) is 0. The van der Waals surface area contributed by atoms with Gasteiger partial charge in [-0.05, 0) is 87.4 Å². The van der Waals surface area contributed by atoms with Crippen LogP contribution in [0.25, 0.3) is 60.4 Å². The monoisotopic (exact) mass is 630 g/mol. The van der Waals surface area contributed by atoms with Crippen molar-refractivity contribution in [2.24, 2.45) is 0 Å². The average molecular weight is 631 g/mol. The first kappa shape index (κ1) is 24.1. The Labute approximate surface area is 244 Å². The van der Waals surface area contributed by atoms with E-state index in [1.807, 2.05) is 3.51 Å². The lowest BCUT2D eigenvalue weighted by molar-refractivity contribution is 0.536. The van der Waals surface area contributed by atoms with Gasteiger partial charge in [0, 0.05) is 38.3 Å². The van der Waals surface area contributed by atoms with Crippen LogP contribution in [0.5, 0.6) is 0 Å². The molecule has 1 aliphatic rings. The Kier molecular flexibility index (Phi) is 5.87. The minimum atomic E-state index is 0.129. The number of hydrogen-bond donors (Lipinski definition) is 0. The Hall–Kier alpha value is -3.70. The number of nitrogens with zero attached hydrogens (tertiary/aromatic N) is 2. The van der Waals surface area contributed by atoms with Crippen molar-refractivity contribution < 1.29 is 0 Å². The van der Waals surface area contributed by atoms with Gasteiger partial charge < -0.3 is 9.13 Å². The molecule has 8 rings (SSSR count). The molecule has 0 spiro atoms. The maximum atomic E-state index is 2.68. The Morgan fingerprint density at radius 1 is 0.575 bits per heavy atom. The van der Waals surface area contributed by atoms with Crippen LogP contribution < -0.4 is 0 Å². The van der Waals surface area contributed by atoms with E-state index in [0.717, 1.165) is 0 Å². The van der Waals surface area contributed by atoms with Gasteiger partial charge in [0.05, 0.1) is 17.1 Å². The first-order valence-electron chi connectivity index (χ1n) is 14.3. The lowest BCUT2D eigenvalue weighted by atomic mass is 9.95. The molecule has 3 heteroatoms. The summed E-state index contributed by atoms with van der Waals surface area (Å²) in [5.74, 6) is 0. The third kappa shape index (κ3) is 3.71. The van der Waals surface area contributed by atoms with E-state index in [1.54, 1.807) is 0 Å². The van der Waals surface area contributed by atoms with Gasteiger partial charge in [-0.15, -0.1) is 20.7 Å². The van der Waals surface area contributed by atoms with Crippen LogP contribution in [-0.2, 0) is 0 Å². The SMILES string of the molecule is CI=C1CCCCC1n1c2ccccc2c2cc(-c3ccc4c(c3)c3ccccc3n4-c3ccccc3)ccc21. The maximum Gasteiger partial charge on any atom is 0.0604 e. The smallest absolute Gasteiger partial charge is 0.0604 e. The van der Waals surface area contributed by atoms with Gasteiger partial charge in [0.2, 0.25) is 0 Å². The third-order valence-corrected chi connectivity index (χ3v) is 11.4. The Bertz CT molecular complexity index is 2080. The summed E-state index contributed by atoms with van der Waals surface area (Å²) >= 11 is 0.129. The summed E-state index contributed by atoms with van der Waals surface area (Å²) in [5, 5.41) is 5.34. The van der Waals surface area contributed by atoms with Gasteiger partial charge in [-0.1, -0.05) is 73.2 Å². The lowest BCUT2D eigenvalue weighted by Crippen LogP contribution is -2.21. The number of aromatic nitrogens is 2. The van der Waals surface area contributed by atoms with E-state index in [4.69, 9.17) is 0 Å². The standard InChI is InChI=1S/C37H31IN2/c1-38-32-15-7-10-18-37(32)40-34-17-9-6-14-29(34)31-24-26(20-22-36(31)40)25-19-21-35-30(23-25)28-13-5-8-16-33(28)39(35)27-11-3-2-4-12-27/h2-6,8-9,11-14,16-17,19-24,37H,7,10,15,18H2,1H3. The van der Waals surface area contributed by atoms with E-state index < -0.39 is 0 Å². The fourth-order valence-electron chi connectivity index (χ4n) is 6.97. The summed E-state index contributed by atoms with van der Waals surface area (Å²) in [6.45, 7) is 0. The molecule has 2 heterocycles. The molecular weight excluding hydrogens is 599 g/mol. The van der Waals surface area contributed by atoms with E-state index in [0.29, 0.717) is 6.04 Å². The molecule has 1 unspecified atom stereocenters. The molecule has 40 heavy (non-hydrogen) atoms. The lowest BCUT2D eigenvalue weighted by Gasteiger charge is -2.28. The number of para-hydroxylation sites is 3. The quantitative estimate of drug-likeness (QED) is 0.136. The Morgan fingerprint density at radius 3 is 1.90 bits per heavy atom. The van der Waals surface area contributed by atoms with Crippen molar-refractivity contribution in [3.8, 4) is 16.8 Å². The van der Waals surface area contributed by atoms with Gasteiger partial charge in [-0.2, -0.15) is 0 Å². The Morgan fingerprint density at radius 2 is 1.15 bits per heavy atom. The molecule has 0 aliphatic heterocycles. The van der Waals surface area contributed by atoms with Gasteiger partial charge in [0.25, 0.3) is 0 Å². The highest BCUT2D eigenvalue weighted by molar-refractivity contribution is 14.2. The summed E-state index contributed by atoms with van der Waals surface area (Å²) in [6, 6.07) is 43.3. The molecule has 5 aromatic carbocycles. The van der Waals surface area contributed by atoms with E-state index in [9.17, 15) is 0 Å². The number of fused-ring (bicyclic) bond motifs is 6. The van der Waals surface area contributed by atoms with Gasteiger partial charge in [-0.3, -0.25) is 0 Å². The van der Waals surface area contributed by atoms with Crippen LogP contribution in [0.3, 0.4) is 0 Å². The highest BCUT2D eigenvalue weighted by Gasteiger charge is 2.24. The molecule has 2 nitrogen and oxygen atoms in total. The van der Waals surface area contributed by atoms with Crippen LogP contribution in [-0.4, -0.2) is 17.6 Å². The third-order valence-electron chi connectivity index (χ3n) is 8.79. The highest BCUT2D eigenvalue weighted by Crippen LogP contribution is 2.40. The molecule has 1 atom stereocenters. The minimum Gasteiger partial charge on any atom is -0.333 e. The zero-order valence-electron chi connectivity index (χ0n) is 22.6. The van der Waals surface area contributed by atoms with Crippen LogP contribution in [0.15, 0.2) is 115 Å². The molecule has 0 saturated heterocycles. The van der Waals surface area contributed by atoms with Gasteiger partial charge in [0.15, 0.2) is 0 Å². The fourth-order valence-corrected chi connectivity index (χ4v) is 9.20. The maximum absolute atomic E-state index is 2.68. The summed E-state index contributed by atoms with van der Waals surface area (Å²) in [6.07, 6.45) is 5.29. The second-order valence-electron chi connectivity index (χ2n) is 10.9. The van der Waals surface area contributed by atoms with Crippen LogP contribution in [0.1, 0.15) is 31.7 Å². The second-order valence-corrected chi connectivity index (χ2v) is 13.4. The van der Waals surface area contributed by atoms with Gasteiger partial charge >= 0.3 is 0 Å². The molecule has 1 saturated carbocycles. The van der Waals surface area contributed by atoms with E-state index in [2.05, 4.69) is 129 Å². The van der Waals surface area contributed by atoms with Gasteiger partial charge in [-0.25, -0.2) is 0 Å². The average Bonchev–Trinajstić information content (AvgIpc) is 3.53. The van der Waals surface area contributed by atoms with Crippen LogP contribution in [0.4, 0.5) is 0 Å². The first-order chi connectivity index (χ1) is 19.8. The molecule has 196 valence electrons. The zero-order valence-corrected chi connectivity index (χ0v) is 24.8. The molecule has 2 aromatic heterocycles. The number of halogens is 1. The van der Waals surface area contributed by atoms with E-state index >= 15 is 0 Å². The summed E-state index contributed by atoms with van der Waals surface area (Å²) < 4.78 is 6.89. The molecule has 1 fully saturated rings. The normalized spacial score (nSPS) is 17.2. The van der Waals surface area contributed by atoms with Crippen molar-refractivity contribution in [3.63, 3.8) is 0 Å². The topological polar surface area (TPSA) is 9.86 Å². The van der Waals surface area contributed by atoms with Crippen molar-refractivity contribution in [2.45, 2.75) is 31.7 Å². The molecule has 7 aromatic rings. The van der Waals surface area contributed by atoms with Crippen molar-refractivity contribution in [3.05, 3.63) is 115 Å². The summed E-state index contributed by atoms with van der Waals surface area (Å²) in [4.78, 5) is 2.45. The number of benzene rings is 5. The first-order valence-corrected chi connectivity index (χ1v) is 17.5. The summed E-state index contributed by atoms with van der Waals surface area (Å²) in [5.41, 5.74) is 9.02. The predicted octanol–water partition coefficient (Wildman–Crippen LogP) is 10.4. The highest BCUT2D eigenvalue weighted by atomic mass is 127. The Balaban J connectivity index is 1.33. The molecule has 1 aliphatic carbocycles. The van der Waals surface area contributed by atoms with Crippen molar-refractivity contribution in [2.75, 3.05) is 4.93 Å². The van der Waals surface area contributed by atoms with Crippen molar-refractivity contribution in [1.82, 2.24) is 9.13 Å². The van der Waals surface area contributed by atoms with Gasteiger partial charge in [0.1, 0.15) is 0 Å². The van der Waals surface area contributed by atoms with Crippen LogP contribution in [0.2, 0.25) is 0 Å². The van der Waals surface area contributed by atoms with Crippen LogP contribution >= 0.6 is 20.7 Å². The largest absolute Gasteiger partial charge is 0.333 e. The minimum absolute atomic E-state index is 0.129. The molecule has 0 radical (unpaired) electrons. The van der Waals surface area contributed by atoms with Crippen molar-refractivity contribution in [1.29, 1.82) is 0 Å². The van der Waals surface area contributed by atoms with Crippen molar-refractivity contribution >= 4 is 67.9 Å². The molecule has 0 N–H and O–H groups in total. The second kappa shape index (κ2) is 9.74.